The van der Waals surface area contributed by atoms with Gasteiger partial charge in [-0.3, -0.25) is 4.90 Å². The van der Waals surface area contributed by atoms with Gasteiger partial charge in [0.15, 0.2) is 0 Å². The van der Waals surface area contributed by atoms with Gasteiger partial charge in [-0.15, -0.1) is 6.42 Å². The van der Waals surface area contributed by atoms with Crippen molar-refractivity contribution in [2.24, 2.45) is 0 Å². The van der Waals surface area contributed by atoms with Crippen molar-refractivity contribution in [1.82, 2.24) is 4.90 Å². The van der Waals surface area contributed by atoms with Gasteiger partial charge in [-0.1, -0.05) is 36.3 Å². The van der Waals surface area contributed by atoms with Crippen LogP contribution in [0.15, 0.2) is 30.3 Å². The lowest BCUT2D eigenvalue weighted by atomic mass is 10.1. The van der Waals surface area contributed by atoms with Crippen LogP contribution in [0.1, 0.15) is 12.5 Å². The zero-order valence-corrected chi connectivity index (χ0v) is 8.90. The molecule has 0 aromatic heterocycles. The maximum atomic E-state index is 5.27. The summed E-state index contributed by atoms with van der Waals surface area (Å²) in [4.78, 5) is 2.19. The van der Waals surface area contributed by atoms with Crippen LogP contribution in [-0.2, 0) is 6.42 Å². The van der Waals surface area contributed by atoms with Crippen molar-refractivity contribution < 1.29 is 0 Å². The van der Waals surface area contributed by atoms with E-state index in [1.165, 1.54) is 5.56 Å². The van der Waals surface area contributed by atoms with Gasteiger partial charge in [0.1, 0.15) is 0 Å². The van der Waals surface area contributed by atoms with Gasteiger partial charge in [-0.05, 0) is 26.0 Å². The van der Waals surface area contributed by atoms with Crippen molar-refractivity contribution in [2.45, 2.75) is 19.4 Å². The summed E-state index contributed by atoms with van der Waals surface area (Å²) < 4.78 is 0. The second-order valence-corrected chi connectivity index (χ2v) is 3.66. The Morgan fingerprint density at radius 3 is 2.57 bits per heavy atom. The van der Waals surface area contributed by atoms with Crippen LogP contribution in [-0.4, -0.2) is 24.5 Å². The first-order chi connectivity index (χ1) is 6.74. The van der Waals surface area contributed by atoms with E-state index in [4.69, 9.17) is 6.42 Å². The van der Waals surface area contributed by atoms with E-state index in [0.29, 0.717) is 12.6 Å². The highest BCUT2D eigenvalue weighted by atomic mass is 15.1. The van der Waals surface area contributed by atoms with Gasteiger partial charge in [0.2, 0.25) is 0 Å². The van der Waals surface area contributed by atoms with Crippen molar-refractivity contribution in [2.75, 3.05) is 13.6 Å². The van der Waals surface area contributed by atoms with Gasteiger partial charge in [0.05, 0.1) is 6.54 Å². The normalized spacial score (nSPS) is 12.4. The molecule has 0 saturated heterocycles. The Kier molecular flexibility index (Phi) is 4.22. The maximum Gasteiger partial charge on any atom is 0.0598 e. The van der Waals surface area contributed by atoms with Gasteiger partial charge in [-0.25, -0.2) is 0 Å². The van der Waals surface area contributed by atoms with E-state index in [1.807, 2.05) is 6.07 Å². The average Bonchev–Trinajstić information content (AvgIpc) is 2.19. The third-order valence-corrected chi connectivity index (χ3v) is 2.47. The fourth-order valence-electron chi connectivity index (χ4n) is 1.41. The Morgan fingerprint density at radius 1 is 1.36 bits per heavy atom. The van der Waals surface area contributed by atoms with E-state index < -0.39 is 0 Å². The number of rotatable bonds is 4. The monoisotopic (exact) mass is 187 g/mol. The van der Waals surface area contributed by atoms with Gasteiger partial charge in [0.25, 0.3) is 0 Å². The van der Waals surface area contributed by atoms with Crippen LogP contribution in [0.4, 0.5) is 0 Å². The van der Waals surface area contributed by atoms with Gasteiger partial charge in [0, 0.05) is 6.04 Å². The Hall–Kier alpha value is -1.26. The molecule has 0 amide bonds. The molecule has 1 heteroatoms. The molecule has 1 atom stereocenters. The molecule has 0 saturated carbocycles. The molecule has 0 bridgehead atoms. The van der Waals surface area contributed by atoms with Crippen molar-refractivity contribution in [1.29, 1.82) is 0 Å². The quantitative estimate of drug-likeness (QED) is 0.653. The lowest BCUT2D eigenvalue weighted by Crippen LogP contribution is -2.31. The summed E-state index contributed by atoms with van der Waals surface area (Å²) in [5, 5.41) is 0. The van der Waals surface area contributed by atoms with Crippen LogP contribution in [0.3, 0.4) is 0 Å². The van der Waals surface area contributed by atoms with E-state index in [9.17, 15) is 0 Å². The summed E-state index contributed by atoms with van der Waals surface area (Å²) in [6.07, 6.45) is 6.32. The fourth-order valence-corrected chi connectivity index (χ4v) is 1.41. The summed E-state index contributed by atoms with van der Waals surface area (Å²) in [5.74, 6) is 2.66. The number of terminal acetylenes is 1. The second-order valence-electron chi connectivity index (χ2n) is 3.66. The molecule has 0 aliphatic heterocycles. The Bertz CT molecular complexity index is 297. The van der Waals surface area contributed by atoms with Gasteiger partial charge in [-0.2, -0.15) is 0 Å². The number of hydrogen-bond acceptors (Lipinski definition) is 1. The lowest BCUT2D eigenvalue weighted by Gasteiger charge is -2.22. The molecule has 1 rings (SSSR count). The molecule has 0 radical (unpaired) electrons. The van der Waals surface area contributed by atoms with Gasteiger partial charge >= 0.3 is 0 Å². The van der Waals surface area contributed by atoms with Crippen LogP contribution in [0, 0.1) is 12.3 Å². The highest BCUT2D eigenvalue weighted by molar-refractivity contribution is 5.15. The van der Waals surface area contributed by atoms with Crippen LogP contribution in [0.25, 0.3) is 0 Å². The molecule has 0 aliphatic carbocycles. The molecule has 0 spiro atoms. The zero-order chi connectivity index (χ0) is 10.4. The highest BCUT2D eigenvalue weighted by Crippen LogP contribution is 2.06. The second kappa shape index (κ2) is 5.47. The zero-order valence-electron chi connectivity index (χ0n) is 8.90. The molecule has 0 unspecified atom stereocenters. The summed E-state index contributed by atoms with van der Waals surface area (Å²) in [6.45, 7) is 2.92. The Balaban J connectivity index is 2.49. The molecule has 1 aromatic carbocycles. The molecule has 0 aliphatic rings. The Labute approximate surface area is 86.7 Å². The minimum atomic E-state index is 0.494. The predicted molar refractivity (Wildman–Crippen MR) is 61.1 cm³/mol. The third kappa shape index (κ3) is 3.24. The SMILES string of the molecule is C#CCN(C)[C@@H](C)Cc1ccccc1. The van der Waals surface area contributed by atoms with E-state index in [-0.39, 0.29) is 0 Å². The number of likely N-dealkylation sites (N-methyl/N-ethyl adjacent to an activating group) is 1. The van der Waals surface area contributed by atoms with E-state index in [2.05, 4.69) is 49.1 Å². The first-order valence-corrected chi connectivity index (χ1v) is 4.91. The van der Waals surface area contributed by atoms with E-state index in [0.717, 1.165) is 6.42 Å². The molecular formula is C13H17N. The van der Waals surface area contributed by atoms with Crippen molar-refractivity contribution >= 4 is 0 Å². The largest absolute Gasteiger partial charge is 0.292 e. The number of benzene rings is 1. The van der Waals surface area contributed by atoms with Crippen molar-refractivity contribution in [3.05, 3.63) is 35.9 Å². The van der Waals surface area contributed by atoms with E-state index in [1.54, 1.807) is 0 Å². The maximum absolute atomic E-state index is 5.27. The first-order valence-electron chi connectivity index (χ1n) is 4.91. The molecular weight excluding hydrogens is 170 g/mol. The standard InChI is InChI=1S/C13H17N/c1-4-10-14(3)12(2)11-13-8-6-5-7-9-13/h1,5-9,12H,10-11H2,2-3H3/t12-/m0/s1. The summed E-state index contributed by atoms with van der Waals surface area (Å²) in [5.41, 5.74) is 1.36. The van der Waals surface area contributed by atoms with Crippen LogP contribution < -0.4 is 0 Å². The molecule has 0 fully saturated rings. The fraction of sp³-hybridized carbons (Fsp3) is 0.385. The molecule has 74 valence electrons. The molecule has 1 aromatic rings. The highest BCUT2D eigenvalue weighted by Gasteiger charge is 2.07. The van der Waals surface area contributed by atoms with E-state index >= 15 is 0 Å². The molecule has 0 N–H and O–H groups in total. The van der Waals surface area contributed by atoms with Crippen LogP contribution in [0.5, 0.6) is 0 Å². The predicted octanol–water partition coefficient (Wildman–Crippen LogP) is 2.18. The van der Waals surface area contributed by atoms with Gasteiger partial charge < -0.3 is 0 Å². The number of hydrogen-bond donors (Lipinski definition) is 0. The first kappa shape index (κ1) is 10.8. The lowest BCUT2D eigenvalue weighted by molar-refractivity contribution is 0.287. The van der Waals surface area contributed by atoms with Crippen LogP contribution in [0.2, 0.25) is 0 Å². The summed E-state index contributed by atoms with van der Waals surface area (Å²) in [7, 11) is 2.06. The summed E-state index contributed by atoms with van der Waals surface area (Å²) >= 11 is 0. The minimum absolute atomic E-state index is 0.494. The van der Waals surface area contributed by atoms with Crippen molar-refractivity contribution in [3.8, 4) is 12.3 Å². The number of nitrogens with zero attached hydrogens (tertiary/aromatic N) is 1. The smallest absolute Gasteiger partial charge is 0.0598 e. The third-order valence-electron chi connectivity index (χ3n) is 2.47. The average molecular weight is 187 g/mol. The molecule has 14 heavy (non-hydrogen) atoms. The van der Waals surface area contributed by atoms with Crippen molar-refractivity contribution in [3.63, 3.8) is 0 Å². The minimum Gasteiger partial charge on any atom is -0.292 e. The Morgan fingerprint density at radius 2 is 2.00 bits per heavy atom. The summed E-state index contributed by atoms with van der Waals surface area (Å²) in [6, 6.07) is 11.0. The topological polar surface area (TPSA) is 3.24 Å². The molecule has 1 nitrogen and oxygen atoms in total. The molecule has 0 heterocycles. The van der Waals surface area contributed by atoms with Crippen LogP contribution >= 0.6 is 0 Å².